The SMILES string of the molecule is COC(=O)C1=C(C)N=c2s/c(=C\c3cccc(Br)c3)c(=O)n2[C@H]1c1ccc(OC)cc1. The molecule has 1 atom stereocenters. The van der Waals surface area contributed by atoms with Gasteiger partial charge in [0, 0.05) is 4.47 Å². The molecular weight excluding hydrogens is 480 g/mol. The van der Waals surface area contributed by atoms with Crippen LogP contribution in [0.3, 0.4) is 0 Å². The molecule has 1 aliphatic heterocycles. The van der Waals surface area contributed by atoms with E-state index in [1.54, 1.807) is 30.7 Å². The van der Waals surface area contributed by atoms with E-state index in [0.717, 1.165) is 15.6 Å². The Morgan fingerprint density at radius 2 is 1.94 bits per heavy atom. The Morgan fingerprint density at radius 3 is 2.58 bits per heavy atom. The largest absolute Gasteiger partial charge is 0.497 e. The number of rotatable bonds is 4. The molecule has 6 nitrogen and oxygen atoms in total. The number of hydrogen-bond donors (Lipinski definition) is 0. The summed E-state index contributed by atoms with van der Waals surface area (Å²) in [5, 5.41) is 0. The lowest BCUT2D eigenvalue weighted by atomic mass is 9.96. The summed E-state index contributed by atoms with van der Waals surface area (Å²) >= 11 is 4.75. The van der Waals surface area contributed by atoms with Crippen LogP contribution in [0.5, 0.6) is 5.75 Å². The van der Waals surface area contributed by atoms with Crippen LogP contribution in [0.4, 0.5) is 0 Å². The Morgan fingerprint density at radius 1 is 1.19 bits per heavy atom. The minimum atomic E-state index is -0.640. The molecule has 0 unspecified atom stereocenters. The van der Waals surface area contributed by atoms with Crippen LogP contribution in [0, 0.1) is 0 Å². The van der Waals surface area contributed by atoms with Gasteiger partial charge in [0.15, 0.2) is 4.80 Å². The molecule has 1 aliphatic rings. The van der Waals surface area contributed by atoms with Crippen molar-refractivity contribution in [2.45, 2.75) is 13.0 Å². The van der Waals surface area contributed by atoms with E-state index in [9.17, 15) is 9.59 Å². The van der Waals surface area contributed by atoms with E-state index in [-0.39, 0.29) is 5.56 Å². The normalized spacial score (nSPS) is 16.0. The second-order valence-corrected chi connectivity index (χ2v) is 8.83. The maximum Gasteiger partial charge on any atom is 0.338 e. The highest BCUT2D eigenvalue weighted by atomic mass is 79.9. The average Bonchev–Trinajstić information content (AvgIpc) is 3.07. The third-order valence-corrected chi connectivity index (χ3v) is 6.48. The van der Waals surface area contributed by atoms with Gasteiger partial charge >= 0.3 is 5.97 Å². The molecule has 0 saturated heterocycles. The van der Waals surface area contributed by atoms with E-state index in [0.29, 0.717) is 26.4 Å². The van der Waals surface area contributed by atoms with Crippen molar-refractivity contribution in [1.29, 1.82) is 0 Å². The lowest BCUT2D eigenvalue weighted by Gasteiger charge is -2.24. The fourth-order valence-electron chi connectivity index (χ4n) is 3.54. The molecule has 0 saturated carbocycles. The number of methoxy groups -OCH3 is 2. The van der Waals surface area contributed by atoms with Crippen molar-refractivity contribution < 1.29 is 14.3 Å². The van der Waals surface area contributed by atoms with Gasteiger partial charge in [0.05, 0.1) is 36.1 Å². The van der Waals surface area contributed by atoms with E-state index in [2.05, 4.69) is 20.9 Å². The molecule has 0 fully saturated rings. The molecule has 2 aromatic carbocycles. The number of carbonyl (C=O) groups is 1. The molecule has 0 bridgehead atoms. The molecular formula is C23H19BrN2O4S. The topological polar surface area (TPSA) is 69.9 Å². The zero-order valence-electron chi connectivity index (χ0n) is 17.1. The summed E-state index contributed by atoms with van der Waals surface area (Å²) in [5.41, 5.74) is 2.32. The summed E-state index contributed by atoms with van der Waals surface area (Å²) in [6.45, 7) is 1.76. The number of fused-ring (bicyclic) bond motifs is 1. The Kier molecular flexibility index (Phi) is 5.93. The number of benzene rings is 2. The fourth-order valence-corrected chi connectivity index (χ4v) is 5.01. The number of carbonyl (C=O) groups excluding carboxylic acids is 1. The number of allylic oxidation sites excluding steroid dienone is 1. The average molecular weight is 499 g/mol. The minimum Gasteiger partial charge on any atom is -0.497 e. The number of halogens is 1. The highest BCUT2D eigenvalue weighted by molar-refractivity contribution is 9.10. The van der Waals surface area contributed by atoms with Gasteiger partial charge < -0.3 is 9.47 Å². The maximum atomic E-state index is 13.4. The molecule has 158 valence electrons. The zero-order valence-corrected chi connectivity index (χ0v) is 19.5. The predicted octanol–water partition coefficient (Wildman–Crippen LogP) is 3.18. The summed E-state index contributed by atoms with van der Waals surface area (Å²) in [5.74, 6) is 0.175. The molecule has 0 N–H and O–H groups in total. The van der Waals surface area contributed by atoms with Crippen LogP contribution in [-0.4, -0.2) is 24.8 Å². The van der Waals surface area contributed by atoms with Gasteiger partial charge in [-0.2, -0.15) is 0 Å². The van der Waals surface area contributed by atoms with Gasteiger partial charge in [0.1, 0.15) is 5.75 Å². The number of thiazole rings is 1. The van der Waals surface area contributed by atoms with E-state index in [4.69, 9.17) is 9.47 Å². The Balaban J connectivity index is 1.96. The predicted molar refractivity (Wildman–Crippen MR) is 123 cm³/mol. The van der Waals surface area contributed by atoms with Gasteiger partial charge in [-0.15, -0.1) is 0 Å². The molecule has 1 aromatic heterocycles. The first-order valence-corrected chi connectivity index (χ1v) is 11.0. The Hall–Kier alpha value is -2.97. The highest BCUT2D eigenvalue weighted by Crippen LogP contribution is 2.31. The van der Waals surface area contributed by atoms with Crippen LogP contribution >= 0.6 is 27.3 Å². The second kappa shape index (κ2) is 8.64. The lowest BCUT2D eigenvalue weighted by molar-refractivity contribution is -0.136. The molecule has 31 heavy (non-hydrogen) atoms. The van der Waals surface area contributed by atoms with Crippen molar-refractivity contribution in [3.8, 4) is 5.75 Å². The van der Waals surface area contributed by atoms with Crippen LogP contribution in [0.2, 0.25) is 0 Å². The third-order valence-electron chi connectivity index (χ3n) is 5.00. The van der Waals surface area contributed by atoms with Gasteiger partial charge in [0.25, 0.3) is 5.56 Å². The van der Waals surface area contributed by atoms with E-state index < -0.39 is 12.0 Å². The zero-order chi connectivity index (χ0) is 22.1. The maximum absolute atomic E-state index is 13.4. The van der Waals surface area contributed by atoms with Gasteiger partial charge in [-0.1, -0.05) is 51.5 Å². The number of esters is 1. The molecule has 4 rings (SSSR count). The molecule has 8 heteroatoms. The molecule has 2 heterocycles. The molecule has 0 amide bonds. The van der Waals surface area contributed by atoms with Crippen molar-refractivity contribution in [1.82, 2.24) is 4.57 Å². The number of hydrogen-bond acceptors (Lipinski definition) is 6. The smallest absolute Gasteiger partial charge is 0.338 e. The summed E-state index contributed by atoms with van der Waals surface area (Å²) in [4.78, 5) is 31.2. The Bertz CT molecular complexity index is 1370. The first-order chi connectivity index (χ1) is 14.9. The van der Waals surface area contributed by atoms with Crippen molar-refractivity contribution in [2.75, 3.05) is 14.2 Å². The van der Waals surface area contributed by atoms with Crippen LogP contribution in [-0.2, 0) is 9.53 Å². The second-order valence-electron chi connectivity index (χ2n) is 6.90. The van der Waals surface area contributed by atoms with Crippen molar-refractivity contribution in [2.24, 2.45) is 4.99 Å². The number of nitrogens with zero attached hydrogens (tertiary/aromatic N) is 2. The summed E-state index contributed by atoms with van der Waals surface area (Å²) < 4.78 is 13.3. The van der Waals surface area contributed by atoms with Crippen molar-refractivity contribution in [3.05, 3.63) is 95.1 Å². The van der Waals surface area contributed by atoms with Gasteiger partial charge in [-0.25, -0.2) is 9.79 Å². The minimum absolute atomic E-state index is 0.210. The van der Waals surface area contributed by atoms with Gasteiger partial charge in [-0.05, 0) is 48.4 Å². The van der Waals surface area contributed by atoms with Gasteiger partial charge in [-0.3, -0.25) is 9.36 Å². The van der Waals surface area contributed by atoms with Crippen molar-refractivity contribution in [3.63, 3.8) is 0 Å². The van der Waals surface area contributed by atoms with E-state index >= 15 is 0 Å². The van der Waals surface area contributed by atoms with E-state index in [1.807, 2.05) is 42.5 Å². The standard InChI is InChI=1S/C23H19BrN2O4S/c1-13-19(22(28)30-3)20(15-7-9-17(29-2)10-8-15)26-21(27)18(31-23(26)25-13)12-14-5-4-6-16(24)11-14/h4-12,20H,1-3H3/b18-12-/t20-/m0/s1. The van der Waals surface area contributed by atoms with Crippen LogP contribution in [0.15, 0.2) is 74.1 Å². The summed E-state index contributed by atoms with van der Waals surface area (Å²) in [6.07, 6.45) is 1.83. The Labute approximate surface area is 190 Å². The molecule has 0 aliphatic carbocycles. The highest BCUT2D eigenvalue weighted by Gasteiger charge is 2.33. The van der Waals surface area contributed by atoms with Crippen LogP contribution in [0.25, 0.3) is 6.08 Å². The molecule has 0 spiro atoms. The summed E-state index contributed by atoms with van der Waals surface area (Å²) in [6, 6.07) is 14.3. The molecule has 0 radical (unpaired) electrons. The quantitative estimate of drug-likeness (QED) is 0.518. The number of ether oxygens (including phenoxy) is 2. The van der Waals surface area contributed by atoms with E-state index in [1.165, 1.54) is 18.4 Å². The lowest BCUT2D eigenvalue weighted by Crippen LogP contribution is -2.39. The monoisotopic (exact) mass is 498 g/mol. The van der Waals surface area contributed by atoms with Gasteiger partial charge in [0.2, 0.25) is 0 Å². The fraction of sp³-hybridized carbons (Fsp3) is 0.174. The first-order valence-electron chi connectivity index (χ1n) is 9.43. The van der Waals surface area contributed by atoms with Crippen molar-refractivity contribution >= 4 is 39.3 Å². The first kappa shape index (κ1) is 21.3. The summed E-state index contributed by atoms with van der Waals surface area (Å²) in [7, 11) is 2.91. The molecule has 3 aromatic rings. The van der Waals surface area contributed by atoms with Crippen LogP contribution in [0.1, 0.15) is 24.1 Å². The third kappa shape index (κ3) is 4.00. The van der Waals surface area contributed by atoms with Crippen LogP contribution < -0.4 is 19.6 Å². The number of aromatic nitrogens is 1.